The summed E-state index contributed by atoms with van der Waals surface area (Å²) in [6, 6.07) is 0. The predicted molar refractivity (Wildman–Crippen MR) is 91.7 cm³/mol. The fourth-order valence-electron chi connectivity index (χ4n) is 1.63. The summed E-state index contributed by atoms with van der Waals surface area (Å²) >= 11 is 0. The van der Waals surface area contributed by atoms with Crippen molar-refractivity contribution in [2.24, 2.45) is 5.10 Å². The quantitative estimate of drug-likeness (QED) is 0.343. The van der Waals surface area contributed by atoms with Gasteiger partial charge in [-0.3, -0.25) is 5.01 Å². The van der Waals surface area contributed by atoms with Gasteiger partial charge in [0.05, 0.1) is 12.2 Å². The van der Waals surface area contributed by atoms with Gasteiger partial charge in [-0.15, -0.1) is 0 Å². The molecule has 0 aliphatic carbocycles. The molecule has 0 saturated heterocycles. The minimum atomic E-state index is 0.711. The Morgan fingerprint density at radius 3 is 2.20 bits per heavy atom. The number of hydrazone groups is 1. The molecular formula is C18H26N2. The Balaban J connectivity index is 5.36. The van der Waals surface area contributed by atoms with Crippen LogP contribution in [0.1, 0.15) is 27.7 Å². The molecule has 20 heavy (non-hydrogen) atoms. The molecule has 2 nitrogen and oxygen atoms in total. The molecule has 0 atom stereocenters. The van der Waals surface area contributed by atoms with Crippen LogP contribution < -0.4 is 0 Å². The number of rotatable bonds is 8. The Kier molecular flexibility index (Phi) is 10.7. The van der Waals surface area contributed by atoms with Gasteiger partial charge in [0.2, 0.25) is 0 Å². The topological polar surface area (TPSA) is 15.6 Å². The lowest BCUT2D eigenvalue weighted by molar-refractivity contribution is 0.412. The Labute approximate surface area is 123 Å². The average molecular weight is 270 g/mol. The average Bonchev–Trinajstić information content (AvgIpc) is 2.44. The van der Waals surface area contributed by atoms with Gasteiger partial charge >= 0.3 is 0 Å². The summed E-state index contributed by atoms with van der Waals surface area (Å²) in [5, 5.41) is 6.39. The number of hydrogen-bond donors (Lipinski definition) is 0. The fraction of sp³-hybridized carbons (Fsp3) is 0.278. The maximum Gasteiger partial charge on any atom is 0.0666 e. The smallest absolute Gasteiger partial charge is 0.0666 e. The summed E-state index contributed by atoms with van der Waals surface area (Å²) in [7, 11) is 0. The molecule has 0 amide bonds. The minimum absolute atomic E-state index is 0.711. The third-order valence-electron chi connectivity index (χ3n) is 2.39. The van der Waals surface area contributed by atoms with Crippen LogP contribution in [0.3, 0.4) is 0 Å². The van der Waals surface area contributed by atoms with Crippen LogP contribution in [0.5, 0.6) is 0 Å². The van der Waals surface area contributed by atoms with Crippen LogP contribution in [0.2, 0.25) is 0 Å². The second-order valence-electron chi connectivity index (χ2n) is 4.03. The van der Waals surface area contributed by atoms with Crippen molar-refractivity contribution in [1.29, 1.82) is 0 Å². The SMILES string of the molecule is C=C/C=C(\C=C/C)N(CC(/C=C\C)=C/C=C\C)/N=C\C. The molecule has 0 spiro atoms. The summed E-state index contributed by atoms with van der Waals surface area (Å²) < 4.78 is 0. The third kappa shape index (κ3) is 7.37. The van der Waals surface area contributed by atoms with E-state index in [-0.39, 0.29) is 0 Å². The molecular weight excluding hydrogens is 244 g/mol. The van der Waals surface area contributed by atoms with E-state index >= 15 is 0 Å². The van der Waals surface area contributed by atoms with Crippen molar-refractivity contribution in [3.8, 4) is 0 Å². The normalized spacial score (nSPS) is 14.2. The van der Waals surface area contributed by atoms with Crippen molar-refractivity contribution in [1.82, 2.24) is 5.01 Å². The highest BCUT2D eigenvalue weighted by Gasteiger charge is 2.05. The second kappa shape index (κ2) is 12.0. The maximum absolute atomic E-state index is 4.43. The van der Waals surface area contributed by atoms with Gasteiger partial charge in [-0.2, -0.15) is 5.10 Å². The van der Waals surface area contributed by atoms with E-state index < -0.39 is 0 Å². The Bertz CT molecular complexity index is 446. The van der Waals surface area contributed by atoms with Gasteiger partial charge in [-0.05, 0) is 45.4 Å². The van der Waals surface area contributed by atoms with Crippen LogP contribution in [0, 0.1) is 0 Å². The summed E-state index contributed by atoms with van der Waals surface area (Å²) in [6.07, 6.45) is 19.8. The van der Waals surface area contributed by atoms with Crippen molar-refractivity contribution in [2.75, 3.05) is 6.54 Å². The molecule has 0 aliphatic rings. The number of nitrogens with zero attached hydrogens (tertiary/aromatic N) is 2. The fourth-order valence-corrected chi connectivity index (χ4v) is 1.63. The largest absolute Gasteiger partial charge is 0.261 e. The van der Waals surface area contributed by atoms with E-state index in [4.69, 9.17) is 0 Å². The third-order valence-corrected chi connectivity index (χ3v) is 2.39. The molecule has 0 radical (unpaired) electrons. The highest BCUT2D eigenvalue weighted by Crippen LogP contribution is 2.12. The molecule has 0 bridgehead atoms. The van der Waals surface area contributed by atoms with Gasteiger partial charge in [0.25, 0.3) is 0 Å². The molecule has 0 aromatic carbocycles. The van der Waals surface area contributed by atoms with Crippen LogP contribution in [0.15, 0.2) is 77.6 Å². The molecule has 0 aromatic heterocycles. The van der Waals surface area contributed by atoms with Gasteiger partial charge < -0.3 is 0 Å². The van der Waals surface area contributed by atoms with Gasteiger partial charge in [0.1, 0.15) is 0 Å². The Morgan fingerprint density at radius 2 is 1.70 bits per heavy atom. The molecule has 0 aromatic rings. The summed E-state index contributed by atoms with van der Waals surface area (Å²) in [4.78, 5) is 0. The zero-order valence-corrected chi connectivity index (χ0v) is 13.1. The molecule has 108 valence electrons. The summed E-state index contributed by atoms with van der Waals surface area (Å²) in [6.45, 7) is 12.4. The van der Waals surface area contributed by atoms with E-state index in [9.17, 15) is 0 Å². The minimum Gasteiger partial charge on any atom is -0.261 e. The molecule has 0 aliphatic heterocycles. The van der Waals surface area contributed by atoms with Crippen molar-refractivity contribution in [2.45, 2.75) is 27.7 Å². The van der Waals surface area contributed by atoms with E-state index in [1.54, 1.807) is 12.3 Å². The molecule has 2 heteroatoms. The van der Waals surface area contributed by atoms with Crippen molar-refractivity contribution >= 4 is 6.21 Å². The van der Waals surface area contributed by atoms with Gasteiger partial charge in [-0.25, -0.2) is 0 Å². The maximum atomic E-state index is 4.43. The molecule has 0 saturated carbocycles. The van der Waals surface area contributed by atoms with Crippen molar-refractivity contribution in [3.63, 3.8) is 0 Å². The van der Waals surface area contributed by atoms with E-state index in [2.05, 4.69) is 23.8 Å². The van der Waals surface area contributed by atoms with E-state index in [0.717, 1.165) is 5.70 Å². The lowest BCUT2D eigenvalue weighted by Crippen LogP contribution is -2.18. The molecule has 0 rings (SSSR count). The number of hydrogen-bond acceptors (Lipinski definition) is 2. The lowest BCUT2D eigenvalue weighted by atomic mass is 10.2. The van der Waals surface area contributed by atoms with Crippen molar-refractivity contribution < 1.29 is 0 Å². The monoisotopic (exact) mass is 270 g/mol. The zero-order valence-electron chi connectivity index (χ0n) is 13.1. The van der Waals surface area contributed by atoms with Crippen LogP contribution in [0.25, 0.3) is 0 Å². The Hall–Kier alpha value is -2.09. The van der Waals surface area contributed by atoms with E-state index in [1.807, 2.05) is 69.2 Å². The van der Waals surface area contributed by atoms with Gasteiger partial charge in [-0.1, -0.05) is 49.1 Å². The molecule has 0 heterocycles. The summed E-state index contributed by atoms with van der Waals surface area (Å²) in [5.41, 5.74) is 2.20. The van der Waals surface area contributed by atoms with Crippen LogP contribution in [0.4, 0.5) is 0 Å². The predicted octanol–water partition coefficient (Wildman–Crippen LogP) is 5.02. The molecule has 0 unspecified atom stereocenters. The summed E-state index contributed by atoms with van der Waals surface area (Å²) in [5.74, 6) is 0. The lowest BCUT2D eigenvalue weighted by Gasteiger charge is -2.20. The highest BCUT2D eigenvalue weighted by molar-refractivity contribution is 5.53. The van der Waals surface area contributed by atoms with Crippen LogP contribution in [-0.4, -0.2) is 17.8 Å². The molecule has 0 N–H and O–H groups in total. The molecule has 0 fully saturated rings. The second-order valence-corrected chi connectivity index (χ2v) is 4.03. The first-order valence-corrected chi connectivity index (χ1v) is 6.89. The first-order chi connectivity index (χ1) is 9.73. The van der Waals surface area contributed by atoms with Crippen LogP contribution in [-0.2, 0) is 0 Å². The standard InChI is InChI=1S/C18H26N2/c1-6-11-15-17(12-7-2)16-20(19-10-5)18(13-8-3)14-9-4/h6-15H,3,16H2,1-2,4-5H3/b11-6-,12-7-,14-9-,17-15+,18-13+,19-10-. The first kappa shape index (κ1) is 17.9. The van der Waals surface area contributed by atoms with E-state index in [1.165, 1.54) is 5.57 Å². The number of allylic oxidation sites excluding steroid dienone is 8. The van der Waals surface area contributed by atoms with Gasteiger partial charge in [0, 0.05) is 6.21 Å². The van der Waals surface area contributed by atoms with Crippen molar-refractivity contribution in [3.05, 3.63) is 72.5 Å². The Morgan fingerprint density at radius 1 is 1.00 bits per heavy atom. The first-order valence-electron chi connectivity index (χ1n) is 6.89. The zero-order chi connectivity index (χ0) is 15.2. The van der Waals surface area contributed by atoms with Crippen LogP contribution >= 0.6 is 0 Å². The van der Waals surface area contributed by atoms with E-state index in [0.29, 0.717) is 6.54 Å². The highest BCUT2D eigenvalue weighted by atomic mass is 15.4. The van der Waals surface area contributed by atoms with Gasteiger partial charge in [0.15, 0.2) is 0 Å².